The second kappa shape index (κ2) is 10.6. The number of hydrogen-bond acceptors (Lipinski definition) is 4. The molecule has 2 aromatic rings. The molecule has 0 aliphatic rings. The molecule has 0 aromatic heterocycles. The number of carboxylic acid groups (broad SMARTS) is 1. The lowest BCUT2D eigenvalue weighted by molar-refractivity contribution is 0.00447. The van der Waals surface area contributed by atoms with Crippen LogP contribution < -0.4 is 10.1 Å². The zero-order valence-corrected chi connectivity index (χ0v) is 19.2. The van der Waals surface area contributed by atoms with Gasteiger partial charge in [-0.15, -0.1) is 0 Å². The number of nitrogens with zero attached hydrogens (tertiary/aromatic N) is 1. The first-order valence-corrected chi connectivity index (χ1v) is 10.7. The molecule has 0 heterocycles. The number of nitrogens with one attached hydrogen (secondary N) is 1. The third kappa shape index (κ3) is 7.89. The second-order valence-corrected chi connectivity index (χ2v) is 9.51. The van der Waals surface area contributed by atoms with Gasteiger partial charge in [-0.3, -0.25) is 4.90 Å². The smallest absolute Gasteiger partial charge is 0.408 e. The van der Waals surface area contributed by atoms with Crippen molar-refractivity contribution in [3.63, 3.8) is 0 Å². The summed E-state index contributed by atoms with van der Waals surface area (Å²) in [6.07, 6.45) is -1.51. The number of para-hydroxylation sites is 1. The number of benzene rings is 2. The summed E-state index contributed by atoms with van der Waals surface area (Å²) in [5, 5.41) is 24.4. The average Bonchev–Trinajstić information content (AvgIpc) is 2.70. The van der Waals surface area contributed by atoms with Crippen LogP contribution in [0.1, 0.15) is 40.2 Å². The Balaban J connectivity index is 2.10. The molecular weight excluding hydrogens is 392 g/mol. The maximum atomic E-state index is 12.1. The molecule has 2 aromatic carbocycles. The molecule has 3 N–H and O–H groups in total. The quantitative estimate of drug-likeness (QED) is 0.529. The lowest BCUT2D eigenvalue weighted by atomic mass is 9.94. The molecule has 6 heteroatoms. The highest BCUT2D eigenvalue weighted by Crippen LogP contribution is 2.23. The van der Waals surface area contributed by atoms with Gasteiger partial charge in [-0.1, -0.05) is 48.5 Å². The van der Waals surface area contributed by atoms with E-state index in [1.807, 2.05) is 95.3 Å². The van der Waals surface area contributed by atoms with Gasteiger partial charge in [-0.25, -0.2) is 4.79 Å². The van der Waals surface area contributed by atoms with Crippen LogP contribution >= 0.6 is 0 Å². The van der Waals surface area contributed by atoms with Crippen LogP contribution in [0.4, 0.5) is 4.79 Å². The minimum atomic E-state index is -1.04. The monoisotopic (exact) mass is 428 g/mol. The maximum absolute atomic E-state index is 12.1. The van der Waals surface area contributed by atoms with Crippen LogP contribution in [0.15, 0.2) is 60.7 Å². The lowest BCUT2D eigenvalue weighted by Crippen LogP contribution is -2.59. The largest absolute Gasteiger partial charge is 0.492 e. The van der Waals surface area contributed by atoms with Gasteiger partial charge >= 0.3 is 6.09 Å². The van der Waals surface area contributed by atoms with E-state index in [1.54, 1.807) is 0 Å². The summed E-state index contributed by atoms with van der Waals surface area (Å²) < 4.78 is 5.85. The Morgan fingerprint density at radius 2 is 1.55 bits per heavy atom. The fourth-order valence-electron chi connectivity index (χ4n) is 3.53. The maximum Gasteiger partial charge on any atom is 0.408 e. The van der Waals surface area contributed by atoms with Gasteiger partial charge in [-0.2, -0.15) is 0 Å². The van der Waals surface area contributed by atoms with Gasteiger partial charge < -0.3 is 20.3 Å². The van der Waals surface area contributed by atoms with Crippen molar-refractivity contribution >= 4 is 6.09 Å². The number of aliphatic hydroxyl groups is 1. The summed E-state index contributed by atoms with van der Waals surface area (Å²) in [6, 6.07) is 18.6. The molecule has 6 nitrogen and oxygen atoms in total. The van der Waals surface area contributed by atoms with Crippen molar-refractivity contribution in [1.29, 1.82) is 0 Å². The molecule has 2 atom stereocenters. The number of aliphatic hydroxyl groups excluding tert-OH is 1. The van der Waals surface area contributed by atoms with Crippen LogP contribution in [0.3, 0.4) is 0 Å². The second-order valence-electron chi connectivity index (χ2n) is 9.51. The topological polar surface area (TPSA) is 82.0 Å². The molecule has 2 rings (SSSR count). The summed E-state index contributed by atoms with van der Waals surface area (Å²) in [4.78, 5) is 13.5. The Kier molecular flexibility index (Phi) is 8.48. The molecule has 0 bridgehead atoms. The van der Waals surface area contributed by atoms with Crippen molar-refractivity contribution < 1.29 is 19.7 Å². The molecule has 0 aliphatic carbocycles. The molecule has 1 amide bonds. The Labute approximate surface area is 185 Å². The summed E-state index contributed by atoms with van der Waals surface area (Å²) >= 11 is 0. The highest BCUT2D eigenvalue weighted by atomic mass is 16.5. The van der Waals surface area contributed by atoms with Crippen LogP contribution in [0, 0.1) is 0 Å². The number of carbonyl (C=O) groups is 1. The predicted octanol–water partition coefficient (Wildman–Crippen LogP) is 4.18. The number of ether oxygens (including phenoxy) is 1. The van der Waals surface area contributed by atoms with Crippen molar-refractivity contribution in [2.24, 2.45) is 0 Å². The highest BCUT2D eigenvalue weighted by molar-refractivity contribution is 5.66. The Morgan fingerprint density at radius 3 is 2.06 bits per heavy atom. The van der Waals surface area contributed by atoms with Gasteiger partial charge in [0, 0.05) is 17.6 Å². The van der Waals surface area contributed by atoms with Crippen molar-refractivity contribution in [1.82, 2.24) is 10.2 Å². The summed E-state index contributed by atoms with van der Waals surface area (Å²) in [7, 11) is 0. The van der Waals surface area contributed by atoms with Crippen LogP contribution in [0.5, 0.6) is 5.75 Å². The normalized spacial score (nSPS) is 14.0. The molecule has 31 heavy (non-hydrogen) atoms. The zero-order chi connectivity index (χ0) is 23.1. The van der Waals surface area contributed by atoms with Gasteiger partial charge in [0.25, 0.3) is 0 Å². The summed E-state index contributed by atoms with van der Waals surface area (Å²) in [5.74, 6) is 0.782. The predicted molar refractivity (Wildman–Crippen MR) is 124 cm³/mol. The molecule has 0 saturated carbocycles. The molecule has 0 fully saturated rings. The first-order valence-electron chi connectivity index (χ1n) is 10.7. The van der Waals surface area contributed by atoms with E-state index in [9.17, 15) is 15.0 Å². The Bertz CT molecular complexity index is 803. The minimum Gasteiger partial charge on any atom is -0.492 e. The molecule has 170 valence electrons. The highest BCUT2D eigenvalue weighted by Gasteiger charge is 2.37. The Hall–Kier alpha value is -2.57. The van der Waals surface area contributed by atoms with Gasteiger partial charge in [0.2, 0.25) is 0 Å². The molecular formula is C25H36N2O4. The molecule has 0 spiro atoms. The van der Waals surface area contributed by atoms with Crippen molar-refractivity contribution in [3.05, 3.63) is 66.2 Å². The fourth-order valence-corrected chi connectivity index (χ4v) is 3.53. The van der Waals surface area contributed by atoms with E-state index in [0.717, 1.165) is 11.3 Å². The summed E-state index contributed by atoms with van der Waals surface area (Å²) in [5.41, 5.74) is -0.0871. The molecule has 0 unspecified atom stereocenters. The van der Waals surface area contributed by atoms with Crippen LogP contribution in [0.25, 0.3) is 0 Å². The van der Waals surface area contributed by atoms with E-state index < -0.39 is 29.3 Å². The van der Waals surface area contributed by atoms with Crippen LogP contribution in [-0.4, -0.2) is 57.6 Å². The third-order valence-electron chi connectivity index (χ3n) is 5.12. The van der Waals surface area contributed by atoms with E-state index >= 15 is 0 Å². The van der Waals surface area contributed by atoms with E-state index in [4.69, 9.17) is 4.74 Å². The van der Waals surface area contributed by atoms with E-state index in [-0.39, 0.29) is 6.54 Å². The molecule has 0 saturated heterocycles. The van der Waals surface area contributed by atoms with Gasteiger partial charge in [0.1, 0.15) is 12.4 Å². The standard InChI is InChI=1S/C25H36N2O4/c1-24(2,3)27(23(29)30)21(16-19-12-8-6-9-13-19)22(28)17-26-25(4,5)18-31-20-14-10-7-11-15-20/h6-15,21-22,26,28H,16-18H2,1-5H3,(H,29,30)/t21-,22+/m0/s1. The van der Waals surface area contributed by atoms with Gasteiger partial charge in [0.15, 0.2) is 0 Å². The first-order chi connectivity index (χ1) is 14.5. The number of β-amino-alcohol motifs (C(OH)–C–C–N with tert-alkyl or cyclic N) is 1. The van der Waals surface area contributed by atoms with Crippen molar-refractivity contribution in [2.75, 3.05) is 13.2 Å². The van der Waals surface area contributed by atoms with Crippen LogP contribution in [-0.2, 0) is 6.42 Å². The first kappa shape index (κ1) is 24.7. The molecule has 0 radical (unpaired) electrons. The third-order valence-corrected chi connectivity index (χ3v) is 5.12. The van der Waals surface area contributed by atoms with Crippen molar-refractivity contribution in [3.8, 4) is 5.75 Å². The summed E-state index contributed by atoms with van der Waals surface area (Å²) in [6.45, 7) is 10.2. The van der Waals surface area contributed by atoms with Gasteiger partial charge in [-0.05, 0) is 58.7 Å². The van der Waals surface area contributed by atoms with Crippen molar-refractivity contribution in [2.45, 2.75) is 64.3 Å². The SMILES string of the molecule is CC(C)(COc1ccccc1)NC[C@@H](O)[C@H](Cc1ccccc1)N(C(=O)O)C(C)(C)C. The van der Waals surface area contributed by atoms with Crippen LogP contribution in [0.2, 0.25) is 0 Å². The molecule has 0 aliphatic heterocycles. The van der Waals surface area contributed by atoms with E-state index in [1.165, 1.54) is 4.90 Å². The number of rotatable bonds is 10. The van der Waals surface area contributed by atoms with E-state index in [0.29, 0.717) is 13.0 Å². The minimum absolute atomic E-state index is 0.239. The average molecular weight is 429 g/mol. The number of amides is 1. The fraction of sp³-hybridized carbons (Fsp3) is 0.480. The zero-order valence-electron chi connectivity index (χ0n) is 19.2. The van der Waals surface area contributed by atoms with E-state index in [2.05, 4.69) is 5.32 Å². The number of hydrogen-bond donors (Lipinski definition) is 3. The lowest BCUT2D eigenvalue weighted by Gasteiger charge is -2.42. The van der Waals surface area contributed by atoms with Gasteiger partial charge in [0.05, 0.1) is 12.1 Å². The Morgan fingerprint density at radius 1 is 1.00 bits per heavy atom.